The first-order valence-corrected chi connectivity index (χ1v) is 8.82. The van der Waals surface area contributed by atoms with E-state index in [9.17, 15) is 9.90 Å². The number of piperidine rings is 1. The van der Waals surface area contributed by atoms with Gasteiger partial charge < -0.3 is 14.6 Å². The molecule has 1 saturated heterocycles. The van der Waals surface area contributed by atoms with Gasteiger partial charge in [-0.3, -0.25) is 9.69 Å². The van der Waals surface area contributed by atoms with Gasteiger partial charge in [0.15, 0.2) is 0 Å². The van der Waals surface area contributed by atoms with E-state index in [1.54, 1.807) is 14.2 Å². The Kier molecular flexibility index (Phi) is 6.91. The predicted molar refractivity (Wildman–Crippen MR) is 93.8 cm³/mol. The Hall–Kier alpha value is -1.75. The molecule has 0 radical (unpaired) electrons. The SMILES string of the molecule is CCCCC(c1ccc(OC)cc1OC)N1CCCCC1C(=O)O. The first-order chi connectivity index (χ1) is 11.6. The number of nitrogens with zero attached hydrogens (tertiary/aromatic N) is 1. The second-order valence-corrected chi connectivity index (χ2v) is 6.35. The van der Waals surface area contributed by atoms with Gasteiger partial charge in [-0.15, -0.1) is 0 Å². The van der Waals surface area contributed by atoms with Crippen molar-refractivity contribution in [2.45, 2.75) is 57.5 Å². The zero-order valence-corrected chi connectivity index (χ0v) is 15.0. The van der Waals surface area contributed by atoms with Gasteiger partial charge >= 0.3 is 5.97 Å². The maximum Gasteiger partial charge on any atom is 0.320 e. The lowest BCUT2D eigenvalue weighted by molar-refractivity contribution is -0.146. The van der Waals surface area contributed by atoms with Crippen molar-refractivity contribution in [2.24, 2.45) is 0 Å². The Balaban J connectivity index is 2.38. The van der Waals surface area contributed by atoms with Crippen molar-refractivity contribution in [1.82, 2.24) is 4.90 Å². The molecule has 2 rings (SSSR count). The minimum Gasteiger partial charge on any atom is -0.497 e. The van der Waals surface area contributed by atoms with E-state index in [-0.39, 0.29) is 6.04 Å². The van der Waals surface area contributed by atoms with Gasteiger partial charge in [0.05, 0.1) is 14.2 Å². The molecule has 1 heterocycles. The number of benzene rings is 1. The number of likely N-dealkylation sites (tertiary alicyclic amines) is 1. The van der Waals surface area contributed by atoms with Crippen molar-refractivity contribution in [2.75, 3.05) is 20.8 Å². The van der Waals surface area contributed by atoms with Crippen molar-refractivity contribution in [3.63, 3.8) is 0 Å². The molecule has 0 aromatic heterocycles. The van der Waals surface area contributed by atoms with Crippen LogP contribution in [0.15, 0.2) is 18.2 Å². The average molecular weight is 335 g/mol. The molecule has 134 valence electrons. The van der Waals surface area contributed by atoms with Gasteiger partial charge in [0.1, 0.15) is 17.5 Å². The second kappa shape index (κ2) is 8.92. The molecule has 5 nitrogen and oxygen atoms in total. The highest BCUT2D eigenvalue weighted by molar-refractivity contribution is 5.73. The fourth-order valence-corrected chi connectivity index (χ4v) is 3.58. The zero-order valence-electron chi connectivity index (χ0n) is 15.0. The molecule has 1 N–H and O–H groups in total. The smallest absolute Gasteiger partial charge is 0.320 e. The van der Waals surface area contributed by atoms with Crippen LogP contribution < -0.4 is 9.47 Å². The highest BCUT2D eigenvalue weighted by Crippen LogP contribution is 2.38. The molecular weight excluding hydrogens is 306 g/mol. The molecule has 0 saturated carbocycles. The van der Waals surface area contributed by atoms with Crippen LogP contribution >= 0.6 is 0 Å². The monoisotopic (exact) mass is 335 g/mol. The Labute approximate surface area is 144 Å². The van der Waals surface area contributed by atoms with Gasteiger partial charge in [-0.25, -0.2) is 0 Å². The van der Waals surface area contributed by atoms with Gasteiger partial charge in [0.2, 0.25) is 0 Å². The molecule has 0 amide bonds. The predicted octanol–water partition coefficient (Wildman–Crippen LogP) is 3.87. The quantitative estimate of drug-likeness (QED) is 0.781. The number of unbranched alkanes of at least 4 members (excludes halogenated alkanes) is 1. The molecule has 0 bridgehead atoms. The van der Waals surface area contributed by atoms with E-state index < -0.39 is 12.0 Å². The molecule has 1 fully saturated rings. The van der Waals surface area contributed by atoms with Crippen LogP contribution in [0, 0.1) is 0 Å². The van der Waals surface area contributed by atoms with E-state index in [4.69, 9.17) is 9.47 Å². The maximum absolute atomic E-state index is 11.7. The number of hydrogen-bond donors (Lipinski definition) is 1. The van der Waals surface area contributed by atoms with Crippen LogP contribution in [-0.2, 0) is 4.79 Å². The topological polar surface area (TPSA) is 59.0 Å². The number of hydrogen-bond acceptors (Lipinski definition) is 4. The molecule has 0 spiro atoms. The summed E-state index contributed by atoms with van der Waals surface area (Å²) in [5, 5.41) is 9.65. The van der Waals surface area contributed by atoms with Crippen molar-refractivity contribution in [3.05, 3.63) is 23.8 Å². The first-order valence-electron chi connectivity index (χ1n) is 8.82. The summed E-state index contributed by atoms with van der Waals surface area (Å²) in [7, 11) is 3.29. The lowest BCUT2D eigenvalue weighted by atomic mass is 9.92. The summed E-state index contributed by atoms with van der Waals surface area (Å²) in [4.78, 5) is 13.9. The van der Waals surface area contributed by atoms with E-state index in [0.29, 0.717) is 0 Å². The number of ether oxygens (including phenoxy) is 2. The Morgan fingerprint density at radius 3 is 2.75 bits per heavy atom. The number of rotatable bonds is 8. The molecule has 24 heavy (non-hydrogen) atoms. The summed E-state index contributed by atoms with van der Waals surface area (Å²) in [5.74, 6) is 0.798. The minimum absolute atomic E-state index is 0.0622. The van der Waals surface area contributed by atoms with Crippen LogP contribution in [0.1, 0.15) is 57.1 Å². The number of carboxylic acids is 1. The van der Waals surface area contributed by atoms with E-state index in [1.165, 1.54) is 0 Å². The Morgan fingerprint density at radius 2 is 2.12 bits per heavy atom. The highest BCUT2D eigenvalue weighted by Gasteiger charge is 2.35. The summed E-state index contributed by atoms with van der Waals surface area (Å²) in [6.45, 7) is 2.98. The number of carboxylic acid groups (broad SMARTS) is 1. The third-order valence-corrected chi connectivity index (χ3v) is 4.86. The summed E-state index contributed by atoms with van der Waals surface area (Å²) >= 11 is 0. The molecule has 1 aliphatic heterocycles. The van der Waals surface area contributed by atoms with Crippen LogP contribution in [0.4, 0.5) is 0 Å². The lowest BCUT2D eigenvalue weighted by Crippen LogP contribution is -2.46. The van der Waals surface area contributed by atoms with Crippen LogP contribution in [0.5, 0.6) is 11.5 Å². The van der Waals surface area contributed by atoms with Gasteiger partial charge in [0.25, 0.3) is 0 Å². The fraction of sp³-hybridized carbons (Fsp3) is 0.632. The summed E-state index contributed by atoms with van der Waals surface area (Å²) < 4.78 is 10.9. The lowest BCUT2D eigenvalue weighted by Gasteiger charge is -2.40. The molecule has 2 atom stereocenters. The van der Waals surface area contributed by atoms with E-state index in [0.717, 1.165) is 62.1 Å². The Morgan fingerprint density at radius 1 is 1.33 bits per heavy atom. The Bertz CT molecular complexity index is 546. The van der Waals surface area contributed by atoms with E-state index in [1.807, 2.05) is 18.2 Å². The third-order valence-electron chi connectivity index (χ3n) is 4.86. The average Bonchev–Trinajstić information content (AvgIpc) is 2.62. The standard InChI is InChI=1S/C19H29NO4/c1-4-5-8-16(20-12-7-6-9-17(20)19(21)22)15-11-10-14(23-2)13-18(15)24-3/h10-11,13,16-17H,4-9,12H2,1-3H3,(H,21,22). The van der Waals surface area contributed by atoms with Crippen molar-refractivity contribution >= 4 is 5.97 Å². The summed E-state index contributed by atoms with van der Waals surface area (Å²) in [5.41, 5.74) is 1.06. The second-order valence-electron chi connectivity index (χ2n) is 6.35. The molecular formula is C19H29NO4. The first kappa shape index (κ1) is 18.6. The van der Waals surface area contributed by atoms with Gasteiger partial charge in [-0.1, -0.05) is 32.3 Å². The molecule has 5 heteroatoms. The van der Waals surface area contributed by atoms with Crippen molar-refractivity contribution in [1.29, 1.82) is 0 Å². The zero-order chi connectivity index (χ0) is 17.5. The summed E-state index contributed by atoms with van der Waals surface area (Å²) in [6.07, 6.45) is 5.82. The van der Waals surface area contributed by atoms with E-state index in [2.05, 4.69) is 11.8 Å². The maximum atomic E-state index is 11.7. The third kappa shape index (κ3) is 4.20. The molecule has 2 unspecified atom stereocenters. The number of carbonyl (C=O) groups is 1. The largest absolute Gasteiger partial charge is 0.497 e. The normalized spacial score (nSPS) is 19.7. The van der Waals surface area contributed by atoms with Gasteiger partial charge in [-0.2, -0.15) is 0 Å². The van der Waals surface area contributed by atoms with Crippen LogP contribution in [0.3, 0.4) is 0 Å². The van der Waals surface area contributed by atoms with Crippen molar-refractivity contribution < 1.29 is 19.4 Å². The van der Waals surface area contributed by atoms with Gasteiger partial charge in [0, 0.05) is 17.7 Å². The molecule has 1 aromatic carbocycles. The molecule has 1 aromatic rings. The molecule has 1 aliphatic rings. The van der Waals surface area contributed by atoms with Crippen LogP contribution in [-0.4, -0.2) is 42.8 Å². The minimum atomic E-state index is -0.719. The fourth-order valence-electron chi connectivity index (χ4n) is 3.58. The number of aliphatic carboxylic acids is 1. The van der Waals surface area contributed by atoms with Crippen LogP contribution in [0.2, 0.25) is 0 Å². The van der Waals surface area contributed by atoms with Crippen molar-refractivity contribution in [3.8, 4) is 11.5 Å². The van der Waals surface area contributed by atoms with E-state index >= 15 is 0 Å². The van der Waals surface area contributed by atoms with Gasteiger partial charge in [-0.05, 0) is 31.9 Å². The summed E-state index contributed by atoms with van der Waals surface area (Å²) in [6, 6.07) is 5.48. The molecule has 0 aliphatic carbocycles. The van der Waals surface area contributed by atoms with Crippen LogP contribution in [0.25, 0.3) is 0 Å². The number of methoxy groups -OCH3 is 2. The highest BCUT2D eigenvalue weighted by atomic mass is 16.5.